The van der Waals surface area contributed by atoms with Gasteiger partial charge in [-0.3, -0.25) is 9.89 Å². The Labute approximate surface area is 139 Å². The van der Waals surface area contributed by atoms with Crippen LogP contribution >= 0.6 is 7.14 Å². The molecule has 120 valence electrons. The number of pyridine rings is 1. The van der Waals surface area contributed by atoms with Crippen LogP contribution in [0.1, 0.15) is 0 Å². The first-order valence-electron chi connectivity index (χ1n) is 7.20. The average molecular weight is 338 g/mol. The molecule has 3 rings (SSSR count). The smallest absolute Gasteiger partial charge is 0.280 e. The van der Waals surface area contributed by atoms with Crippen LogP contribution in [-0.4, -0.2) is 28.1 Å². The van der Waals surface area contributed by atoms with E-state index in [1.165, 1.54) is 10.9 Å². The Morgan fingerprint density at radius 1 is 1.17 bits per heavy atom. The molecule has 1 N–H and O–H groups in total. The minimum absolute atomic E-state index is 0.234. The van der Waals surface area contributed by atoms with Crippen molar-refractivity contribution < 1.29 is 4.57 Å². The summed E-state index contributed by atoms with van der Waals surface area (Å²) in [6.45, 7) is 10.3. The second-order valence-electron chi connectivity index (χ2n) is 5.71. The summed E-state index contributed by atoms with van der Waals surface area (Å²) in [7, 11) is -2.38. The molecule has 6 nitrogen and oxygen atoms in total. The van der Waals surface area contributed by atoms with Gasteiger partial charge in [0.05, 0.1) is 12.1 Å². The number of nitrogens with one attached hydrogen (secondary N) is 1. The van der Waals surface area contributed by atoms with Crippen molar-refractivity contribution in [1.29, 1.82) is 0 Å². The molecular weight excluding hydrogens is 323 g/mol. The molecule has 0 saturated carbocycles. The number of rotatable bonds is 3. The third-order valence-electron chi connectivity index (χ3n) is 3.66. The Hall–Kier alpha value is -2.90. The maximum absolute atomic E-state index is 12.6. The zero-order valence-electron chi connectivity index (χ0n) is 13.2. The highest BCUT2D eigenvalue weighted by Gasteiger charge is 2.14. The third kappa shape index (κ3) is 2.94. The van der Waals surface area contributed by atoms with Gasteiger partial charge in [0.15, 0.2) is 11.5 Å². The Bertz CT molecular complexity index is 1020. The van der Waals surface area contributed by atoms with E-state index in [2.05, 4.69) is 14.9 Å². The number of H-pyrrole nitrogens is 1. The molecule has 0 aliphatic rings. The molecule has 0 spiro atoms. The number of aromatic amines is 1. The van der Waals surface area contributed by atoms with Gasteiger partial charge in [-0.1, -0.05) is 24.3 Å². The molecule has 7 heteroatoms. The zero-order valence-corrected chi connectivity index (χ0v) is 14.1. The van der Waals surface area contributed by atoms with Crippen LogP contribution in [0.5, 0.6) is 0 Å². The van der Waals surface area contributed by atoms with E-state index < -0.39 is 7.14 Å². The lowest BCUT2D eigenvalue weighted by atomic mass is 10.1. The van der Waals surface area contributed by atoms with Crippen LogP contribution in [0, 0.1) is 6.57 Å². The molecule has 2 aromatic heterocycles. The fraction of sp³-hybridized carbons (Fsp3) is 0.118. The lowest BCUT2D eigenvalue weighted by Crippen LogP contribution is -2.18. The summed E-state index contributed by atoms with van der Waals surface area (Å²) in [5.41, 5.74) is 1.51. The van der Waals surface area contributed by atoms with Gasteiger partial charge in [0.1, 0.15) is 7.14 Å². The predicted octanol–water partition coefficient (Wildman–Crippen LogP) is 3.03. The van der Waals surface area contributed by atoms with E-state index in [9.17, 15) is 9.36 Å². The zero-order chi connectivity index (χ0) is 17.3. The SMILES string of the molecule is [C-]#[N+]c1ccc(-c2c[nH]n(-c3ccc(P(C)(C)=O)cn3)c2=O)cc1. The normalized spacial score (nSPS) is 11.2. The lowest BCUT2D eigenvalue weighted by Gasteiger charge is -2.07. The highest BCUT2D eigenvalue weighted by molar-refractivity contribution is 7.70. The molecule has 0 unspecified atom stereocenters. The summed E-state index contributed by atoms with van der Waals surface area (Å²) in [6.07, 6.45) is 3.14. The molecule has 2 heterocycles. The minimum atomic E-state index is -2.38. The van der Waals surface area contributed by atoms with Gasteiger partial charge in [0.2, 0.25) is 0 Å². The molecule has 24 heavy (non-hydrogen) atoms. The first-order chi connectivity index (χ1) is 11.4. The van der Waals surface area contributed by atoms with Gasteiger partial charge in [-0.25, -0.2) is 14.5 Å². The quantitative estimate of drug-likeness (QED) is 0.589. The van der Waals surface area contributed by atoms with Gasteiger partial charge in [0.25, 0.3) is 5.56 Å². The number of benzene rings is 1. The lowest BCUT2D eigenvalue weighted by molar-refractivity contribution is 0.588. The standard InChI is InChI=1S/C17H15N4O2P/c1-18-13-6-4-12(5-7-13)15-11-20-21(17(15)22)16-9-8-14(10-19-16)24(2,3)23/h4-11,20H,2-3H3. The van der Waals surface area contributed by atoms with Gasteiger partial charge < -0.3 is 4.57 Å². The Kier molecular flexibility index (Phi) is 3.96. The van der Waals surface area contributed by atoms with Crippen molar-refractivity contribution in [2.24, 2.45) is 0 Å². The molecule has 0 fully saturated rings. The summed E-state index contributed by atoms with van der Waals surface area (Å²) in [6, 6.07) is 10.2. The van der Waals surface area contributed by atoms with Crippen molar-refractivity contribution in [2.75, 3.05) is 13.3 Å². The average Bonchev–Trinajstić information content (AvgIpc) is 2.96. The fourth-order valence-electron chi connectivity index (χ4n) is 2.29. The van der Waals surface area contributed by atoms with Crippen molar-refractivity contribution in [1.82, 2.24) is 14.8 Å². The highest BCUT2D eigenvalue weighted by atomic mass is 31.2. The molecule has 0 radical (unpaired) electrons. The van der Waals surface area contributed by atoms with E-state index in [0.29, 0.717) is 22.4 Å². The maximum atomic E-state index is 12.6. The Balaban J connectivity index is 1.99. The van der Waals surface area contributed by atoms with E-state index in [1.54, 1.807) is 55.9 Å². The van der Waals surface area contributed by atoms with Gasteiger partial charge >= 0.3 is 0 Å². The molecular formula is C17H15N4O2P. The van der Waals surface area contributed by atoms with Crippen molar-refractivity contribution in [3.63, 3.8) is 0 Å². The van der Waals surface area contributed by atoms with Gasteiger partial charge in [-0.15, -0.1) is 0 Å². The Morgan fingerprint density at radius 3 is 2.42 bits per heavy atom. The molecule has 0 atom stereocenters. The van der Waals surface area contributed by atoms with E-state index in [0.717, 1.165) is 5.56 Å². The number of aromatic nitrogens is 3. The minimum Gasteiger partial charge on any atom is -0.319 e. The van der Waals surface area contributed by atoms with Crippen LogP contribution in [-0.2, 0) is 4.57 Å². The number of hydrogen-bond acceptors (Lipinski definition) is 3. The van der Waals surface area contributed by atoms with Crippen molar-refractivity contribution in [3.8, 4) is 16.9 Å². The molecule has 1 aromatic carbocycles. The molecule has 0 amide bonds. The van der Waals surface area contributed by atoms with Crippen LogP contribution in [0.25, 0.3) is 21.8 Å². The third-order valence-corrected chi connectivity index (χ3v) is 5.17. The number of nitrogens with zero attached hydrogens (tertiary/aromatic N) is 3. The molecule has 0 aliphatic heterocycles. The van der Waals surface area contributed by atoms with Gasteiger partial charge in [0, 0.05) is 17.7 Å². The van der Waals surface area contributed by atoms with Crippen molar-refractivity contribution in [3.05, 3.63) is 70.6 Å². The molecule has 0 saturated heterocycles. The summed E-state index contributed by atoms with van der Waals surface area (Å²) < 4.78 is 13.4. The molecule has 3 aromatic rings. The highest BCUT2D eigenvalue weighted by Crippen LogP contribution is 2.33. The summed E-state index contributed by atoms with van der Waals surface area (Å²) in [5.74, 6) is 0.432. The van der Waals surface area contributed by atoms with Gasteiger partial charge in [-0.2, -0.15) is 0 Å². The largest absolute Gasteiger partial charge is 0.319 e. The fourth-order valence-corrected chi connectivity index (χ4v) is 3.06. The maximum Gasteiger partial charge on any atom is 0.280 e. The van der Waals surface area contributed by atoms with Crippen LogP contribution in [0.4, 0.5) is 5.69 Å². The molecule has 0 aliphatic carbocycles. The van der Waals surface area contributed by atoms with Crippen molar-refractivity contribution in [2.45, 2.75) is 0 Å². The monoisotopic (exact) mass is 338 g/mol. The first kappa shape index (κ1) is 16.0. The van der Waals surface area contributed by atoms with Gasteiger partial charge in [-0.05, 0) is 31.0 Å². The topological polar surface area (TPSA) is 72.1 Å². The van der Waals surface area contributed by atoms with E-state index in [1.807, 2.05) is 0 Å². The predicted molar refractivity (Wildman–Crippen MR) is 95.0 cm³/mol. The first-order valence-corrected chi connectivity index (χ1v) is 9.80. The van der Waals surface area contributed by atoms with Crippen LogP contribution in [0.3, 0.4) is 0 Å². The van der Waals surface area contributed by atoms with Crippen LogP contribution < -0.4 is 10.9 Å². The second-order valence-corrected chi connectivity index (χ2v) is 8.93. The van der Waals surface area contributed by atoms with E-state index in [-0.39, 0.29) is 5.56 Å². The van der Waals surface area contributed by atoms with Crippen molar-refractivity contribution >= 4 is 18.1 Å². The van der Waals surface area contributed by atoms with Crippen LogP contribution in [0.2, 0.25) is 0 Å². The van der Waals surface area contributed by atoms with Crippen LogP contribution in [0.15, 0.2) is 53.6 Å². The summed E-state index contributed by atoms with van der Waals surface area (Å²) in [5, 5.41) is 3.56. The summed E-state index contributed by atoms with van der Waals surface area (Å²) in [4.78, 5) is 20.1. The van der Waals surface area contributed by atoms with E-state index in [4.69, 9.17) is 6.57 Å². The molecule has 0 bridgehead atoms. The number of hydrogen-bond donors (Lipinski definition) is 1. The van der Waals surface area contributed by atoms with E-state index >= 15 is 0 Å². The summed E-state index contributed by atoms with van der Waals surface area (Å²) >= 11 is 0. The Morgan fingerprint density at radius 2 is 1.88 bits per heavy atom. The second kappa shape index (κ2) is 5.95.